The molecule has 2 aliphatic heterocycles. The Labute approximate surface area is 220 Å². The average Bonchev–Trinajstić information content (AvgIpc) is 3.10. The number of fused-ring (bicyclic) bond motifs is 2. The van der Waals surface area contributed by atoms with Gasteiger partial charge in [0.05, 0.1) is 5.69 Å². The topological polar surface area (TPSA) is 52.6 Å². The fourth-order valence-corrected chi connectivity index (χ4v) is 5.39. The molecule has 178 valence electrons. The van der Waals surface area contributed by atoms with E-state index in [2.05, 4.69) is 80.1 Å². The summed E-state index contributed by atoms with van der Waals surface area (Å²) in [7, 11) is 1.86. The van der Waals surface area contributed by atoms with Gasteiger partial charge in [0.25, 0.3) is 0 Å². The fourth-order valence-electron chi connectivity index (χ4n) is 5.39. The van der Waals surface area contributed by atoms with Gasteiger partial charge >= 0.3 is 0 Å². The molecule has 5 nitrogen and oxygen atoms in total. The first-order valence-electron chi connectivity index (χ1n) is 12.1. The van der Waals surface area contributed by atoms with Crippen molar-refractivity contribution < 1.29 is 0 Å². The smallest absolute Gasteiger partial charge is 0.191 e. The van der Waals surface area contributed by atoms with Crippen LogP contribution in [0, 0.1) is 0 Å². The summed E-state index contributed by atoms with van der Waals surface area (Å²) in [4.78, 5) is 11.7. The summed E-state index contributed by atoms with van der Waals surface area (Å²) >= 11 is 0. The molecule has 3 heterocycles. The second kappa shape index (κ2) is 11.8. The van der Waals surface area contributed by atoms with Crippen LogP contribution >= 0.6 is 24.0 Å². The van der Waals surface area contributed by atoms with Crippen molar-refractivity contribution in [3.63, 3.8) is 0 Å². The minimum atomic E-state index is 0. The number of hydrogen-bond acceptors (Lipinski definition) is 3. The molecule has 1 aromatic heterocycles. The summed E-state index contributed by atoms with van der Waals surface area (Å²) in [5.41, 5.74) is 4.78. The van der Waals surface area contributed by atoms with Gasteiger partial charge in [0.15, 0.2) is 5.96 Å². The highest BCUT2D eigenvalue weighted by Gasteiger charge is 2.40. The van der Waals surface area contributed by atoms with Gasteiger partial charge in [-0.25, -0.2) is 0 Å². The molecule has 2 bridgehead atoms. The van der Waals surface area contributed by atoms with E-state index in [1.807, 2.05) is 31.4 Å². The number of rotatable bonds is 6. The Morgan fingerprint density at radius 3 is 2.38 bits per heavy atom. The first-order valence-corrected chi connectivity index (χ1v) is 12.1. The van der Waals surface area contributed by atoms with E-state index in [0.29, 0.717) is 18.1 Å². The molecule has 2 fully saturated rings. The van der Waals surface area contributed by atoms with Gasteiger partial charge in [0.1, 0.15) is 0 Å². The van der Waals surface area contributed by atoms with Gasteiger partial charge in [-0.3, -0.25) is 14.9 Å². The molecule has 0 amide bonds. The number of nitrogens with one attached hydrogen (secondary N) is 2. The summed E-state index contributed by atoms with van der Waals surface area (Å²) in [6, 6.07) is 27.3. The highest BCUT2D eigenvalue weighted by atomic mass is 127. The largest absolute Gasteiger partial charge is 0.354 e. The molecule has 2 aliphatic rings. The average molecular weight is 568 g/mol. The van der Waals surface area contributed by atoms with Gasteiger partial charge in [-0.15, -0.1) is 24.0 Å². The predicted octanol–water partition coefficient (Wildman–Crippen LogP) is 5.23. The van der Waals surface area contributed by atoms with Crippen molar-refractivity contribution in [3.05, 3.63) is 90.1 Å². The fraction of sp³-hybridized carbons (Fsp3) is 0.357. The Hall–Kier alpha value is -2.45. The van der Waals surface area contributed by atoms with Crippen LogP contribution in [0.2, 0.25) is 0 Å². The second-order valence-corrected chi connectivity index (χ2v) is 9.20. The predicted molar refractivity (Wildman–Crippen MR) is 150 cm³/mol. The zero-order valence-corrected chi connectivity index (χ0v) is 22.1. The van der Waals surface area contributed by atoms with Crippen LogP contribution in [0.3, 0.4) is 0 Å². The number of piperidine rings is 1. The Morgan fingerprint density at radius 2 is 1.68 bits per heavy atom. The number of hydrogen-bond donors (Lipinski definition) is 2. The molecular formula is C28H34IN5. The molecule has 2 aromatic carbocycles. The van der Waals surface area contributed by atoms with Crippen LogP contribution in [-0.2, 0) is 13.1 Å². The van der Waals surface area contributed by atoms with E-state index >= 15 is 0 Å². The van der Waals surface area contributed by atoms with Gasteiger partial charge in [-0.1, -0.05) is 54.6 Å². The molecule has 0 aliphatic carbocycles. The van der Waals surface area contributed by atoms with Crippen LogP contribution in [0.25, 0.3) is 11.3 Å². The maximum Gasteiger partial charge on any atom is 0.191 e. The van der Waals surface area contributed by atoms with E-state index in [4.69, 9.17) is 0 Å². The first-order chi connectivity index (χ1) is 16.3. The Balaban J connectivity index is 0.00000274. The zero-order valence-electron chi connectivity index (χ0n) is 19.7. The van der Waals surface area contributed by atoms with Crippen LogP contribution in [0.4, 0.5) is 0 Å². The third-order valence-corrected chi connectivity index (χ3v) is 7.00. The van der Waals surface area contributed by atoms with Crippen molar-refractivity contribution in [2.24, 2.45) is 4.99 Å². The lowest BCUT2D eigenvalue weighted by molar-refractivity contribution is 0.114. The van der Waals surface area contributed by atoms with Gasteiger partial charge in [0, 0.05) is 50.0 Å². The lowest BCUT2D eigenvalue weighted by Crippen LogP contribution is -2.52. The number of nitrogens with zero attached hydrogens (tertiary/aromatic N) is 3. The van der Waals surface area contributed by atoms with E-state index < -0.39 is 0 Å². The number of aromatic nitrogens is 1. The third kappa shape index (κ3) is 5.96. The number of pyridine rings is 1. The zero-order chi connectivity index (χ0) is 22.5. The monoisotopic (exact) mass is 567 g/mol. The Morgan fingerprint density at radius 1 is 0.941 bits per heavy atom. The Bertz CT molecular complexity index is 1060. The van der Waals surface area contributed by atoms with Gasteiger partial charge in [0.2, 0.25) is 0 Å². The van der Waals surface area contributed by atoms with Crippen LogP contribution in [0.5, 0.6) is 0 Å². The molecule has 0 spiro atoms. The quantitative estimate of drug-likeness (QED) is 0.244. The number of aliphatic imine (C=N–C) groups is 1. The molecule has 34 heavy (non-hydrogen) atoms. The molecule has 0 saturated carbocycles. The SMILES string of the molecule is CN=C(NCc1cccc(-c2ccccn2)c1)NC1CC2CCC(C1)N2Cc1ccccc1.I. The molecule has 6 heteroatoms. The van der Waals surface area contributed by atoms with Crippen LogP contribution in [-0.4, -0.2) is 41.0 Å². The van der Waals surface area contributed by atoms with E-state index in [0.717, 1.165) is 30.3 Å². The third-order valence-electron chi connectivity index (χ3n) is 7.00. The lowest BCUT2D eigenvalue weighted by atomic mass is 9.96. The second-order valence-electron chi connectivity index (χ2n) is 9.20. The van der Waals surface area contributed by atoms with Gasteiger partial charge in [-0.05, 0) is 55.0 Å². The highest BCUT2D eigenvalue weighted by Crippen LogP contribution is 2.36. The molecule has 2 N–H and O–H groups in total. The maximum absolute atomic E-state index is 4.50. The molecule has 3 aromatic rings. The van der Waals surface area contributed by atoms with Crippen LogP contribution in [0.15, 0.2) is 84.0 Å². The summed E-state index contributed by atoms with van der Waals surface area (Å²) in [5, 5.41) is 7.22. The molecule has 5 rings (SSSR count). The van der Waals surface area contributed by atoms with Crippen molar-refractivity contribution >= 4 is 29.9 Å². The van der Waals surface area contributed by atoms with Crippen molar-refractivity contribution in [2.75, 3.05) is 7.05 Å². The van der Waals surface area contributed by atoms with Crippen molar-refractivity contribution in [1.29, 1.82) is 0 Å². The van der Waals surface area contributed by atoms with Crippen molar-refractivity contribution in [1.82, 2.24) is 20.5 Å². The molecule has 2 saturated heterocycles. The molecule has 2 atom stereocenters. The first kappa shape index (κ1) is 24.7. The maximum atomic E-state index is 4.50. The lowest BCUT2D eigenvalue weighted by Gasteiger charge is -2.39. The number of halogens is 1. The number of guanidine groups is 1. The summed E-state index contributed by atoms with van der Waals surface area (Å²) in [6.07, 6.45) is 6.81. The van der Waals surface area contributed by atoms with E-state index in [1.54, 1.807) is 0 Å². The van der Waals surface area contributed by atoms with Crippen molar-refractivity contribution in [3.8, 4) is 11.3 Å². The van der Waals surface area contributed by atoms with Gasteiger partial charge in [-0.2, -0.15) is 0 Å². The standard InChI is InChI=1S/C28H33N5.HI/c1-29-28(31-19-22-10-7-11-23(16-22)27-12-5-6-15-30-27)32-24-17-25-13-14-26(18-24)33(25)20-21-8-3-2-4-9-21;/h2-12,15-16,24-26H,13-14,17-20H2,1H3,(H2,29,31,32);1H. The molecular weight excluding hydrogens is 533 g/mol. The summed E-state index contributed by atoms with van der Waals surface area (Å²) in [6.45, 7) is 1.81. The summed E-state index contributed by atoms with van der Waals surface area (Å²) < 4.78 is 0. The van der Waals surface area contributed by atoms with E-state index in [-0.39, 0.29) is 24.0 Å². The minimum absolute atomic E-state index is 0. The van der Waals surface area contributed by atoms with E-state index in [9.17, 15) is 0 Å². The van der Waals surface area contributed by atoms with E-state index in [1.165, 1.54) is 36.8 Å². The van der Waals surface area contributed by atoms with Crippen LogP contribution in [0.1, 0.15) is 36.8 Å². The highest BCUT2D eigenvalue weighted by molar-refractivity contribution is 14.0. The molecule has 2 unspecified atom stereocenters. The van der Waals surface area contributed by atoms with Crippen LogP contribution < -0.4 is 10.6 Å². The minimum Gasteiger partial charge on any atom is -0.354 e. The Kier molecular flexibility index (Phi) is 8.56. The molecule has 0 radical (unpaired) electrons. The summed E-state index contributed by atoms with van der Waals surface area (Å²) in [5.74, 6) is 0.888. The van der Waals surface area contributed by atoms with Gasteiger partial charge < -0.3 is 10.6 Å². The normalized spacial score (nSPS) is 22.1. The number of benzene rings is 2. The van der Waals surface area contributed by atoms with Crippen molar-refractivity contribution in [2.45, 2.75) is 56.9 Å².